The lowest BCUT2D eigenvalue weighted by atomic mass is 9.81. The largest absolute Gasteiger partial charge is 0.322 e. The van der Waals surface area contributed by atoms with Crippen molar-refractivity contribution in [3.8, 4) is 0 Å². The van der Waals surface area contributed by atoms with Gasteiger partial charge in [-0.3, -0.25) is 0 Å². The average molecular weight is 503 g/mol. The molecule has 0 unspecified atom stereocenters. The van der Waals surface area contributed by atoms with Crippen molar-refractivity contribution < 1.29 is 4.79 Å². The van der Waals surface area contributed by atoms with Crippen molar-refractivity contribution in [2.24, 2.45) is 0 Å². The topological polar surface area (TPSA) is 32.3 Å². The summed E-state index contributed by atoms with van der Waals surface area (Å²) in [5.41, 5.74) is 5.87. The highest BCUT2D eigenvalue weighted by molar-refractivity contribution is 6.30. The van der Waals surface area contributed by atoms with Crippen LogP contribution in [0.3, 0.4) is 0 Å². The number of hydrogen-bond acceptors (Lipinski definition) is 1. The van der Waals surface area contributed by atoms with Crippen LogP contribution >= 0.6 is 11.6 Å². The van der Waals surface area contributed by atoms with Gasteiger partial charge in [0.05, 0.1) is 0 Å². The average Bonchev–Trinajstić information content (AvgIpc) is 2.88. The molecule has 1 fully saturated rings. The Balaban J connectivity index is 1.59. The third kappa shape index (κ3) is 6.31. The molecule has 2 amide bonds. The Labute approximate surface area is 221 Å². The number of urea groups is 1. The molecule has 1 N–H and O–H groups in total. The van der Waals surface area contributed by atoms with Crippen LogP contribution in [-0.2, 0) is 6.54 Å². The van der Waals surface area contributed by atoms with E-state index in [0.717, 1.165) is 36.9 Å². The molecule has 190 valence electrons. The second kappa shape index (κ2) is 12.0. The molecule has 0 radical (unpaired) electrons. The highest BCUT2D eigenvalue weighted by atomic mass is 35.5. The van der Waals surface area contributed by atoms with Crippen LogP contribution in [-0.4, -0.2) is 17.0 Å². The van der Waals surface area contributed by atoms with E-state index in [0.29, 0.717) is 29.3 Å². The number of nitrogens with one attached hydrogen (secondary N) is 1. The zero-order chi connectivity index (χ0) is 25.7. The first-order valence-corrected chi connectivity index (χ1v) is 13.7. The Morgan fingerprint density at radius 3 is 1.97 bits per heavy atom. The Bertz CT molecular complexity index is 1110. The fourth-order valence-corrected chi connectivity index (χ4v) is 5.60. The van der Waals surface area contributed by atoms with E-state index in [1.807, 2.05) is 24.3 Å². The van der Waals surface area contributed by atoms with Gasteiger partial charge in [0.25, 0.3) is 0 Å². The number of carbonyl (C=O) groups excluding carboxylic acids is 1. The van der Waals surface area contributed by atoms with Crippen LogP contribution in [0.4, 0.5) is 10.5 Å². The number of rotatable bonds is 7. The monoisotopic (exact) mass is 502 g/mol. The smallest absolute Gasteiger partial charge is 0.317 e. The van der Waals surface area contributed by atoms with E-state index in [2.05, 4.69) is 86.4 Å². The molecular formula is C32H39ClN2O. The maximum Gasteiger partial charge on any atom is 0.322 e. The SMILES string of the molecule is CC(C)c1cccc(C(C)C)c1NC(=O)N(Cc1ccc(Cl)cc1)[C@H]1CC[C@H](c2ccccc2)CC1. The molecule has 36 heavy (non-hydrogen) atoms. The molecule has 1 aliphatic carbocycles. The zero-order valence-electron chi connectivity index (χ0n) is 22.0. The van der Waals surface area contributed by atoms with Gasteiger partial charge in [-0.05, 0) is 77.8 Å². The molecule has 4 rings (SSSR count). The van der Waals surface area contributed by atoms with Gasteiger partial charge in [-0.2, -0.15) is 0 Å². The van der Waals surface area contributed by atoms with E-state index in [9.17, 15) is 4.79 Å². The molecule has 3 aromatic carbocycles. The van der Waals surface area contributed by atoms with Crippen LogP contribution in [0.1, 0.15) is 93.4 Å². The molecule has 0 aliphatic heterocycles. The summed E-state index contributed by atoms with van der Waals surface area (Å²) in [7, 11) is 0. The van der Waals surface area contributed by atoms with Crippen molar-refractivity contribution in [2.75, 3.05) is 5.32 Å². The Kier molecular flexibility index (Phi) is 8.74. The van der Waals surface area contributed by atoms with E-state index in [-0.39, 0.29) is 12.1 Å². The molecule has 1 saturated carbocycles. The number of nitrogens with zero attached hydrogens (tertiary/aromatic N) is 1. The van der Waals surface area contributed by atoms with Crippen molar-refractivity contribution in [2.45, 2.75) is 83.7 Å². The summed E-state index contributed by atoms with van der Waals surface area (Å²) in [5.74, 6) is 1.21. The van der Waals surface area contributed by atoms with Crippen molar-refractivity contribution in [3.63, 3.8) is 0 Å². The molecule has 3 nitrogen and oxygen atoms in total. The summed E-state index contributed by atoms with van der Waals surface area (Å²) >= 11 is 6.14. The van der Waals surface area contributed by atoms with Crippen LogP contribution in [0.5, 0.6) is 0 Å². The molecule has 4 heteroatoms. The molecule has 0 spiro atoms. The van der Waals surface area contributed by atoms with E-state index in [1.54, 1.807) is 0 Å². The molecule has 1 aliphatic rings. The fourth-order valence-electron chi connectivity index (χ4n) is 5.47. The van der Waals surface area contributed by atoms with Gasteiger partial charge in [0.2, 0.25) is 0 Å². The van der Waals surface area contributed by atoms with Gasteiger partial charge in [0.1, 0.15) is 0 Å². The van der Waals surface area contributed by atoms with Crippen molar-refractivity contribution >= 4 is 23.3 Å². The van der Waals surface area contributed by atoms with E-state index < -0.39 is 0 Å². The van der Waals surface area contributed by atoms with Gasteiger partial charge in [0.15, 0.2) is 0 Å². The Morgan fingerprint density at radius 1 is 0.833 bits per heavy atom. The zero-order valence-corrected chi connectivity index (χ0v) is 22.8. The van der Waals surface area contributed by atoms with Crippen molar-refractivity contribution in [1.82, 2.24) is 4.90 Å². The van der Waals surface area contributed by atoms with Crippen molar-refractivity contribution in [1.29, 1.82) is 0 Å². The highest BCUT2D eigenvalue weighted by Crippen LogP contribution is 2.37. The first-order valence-electron chi connectivity index (χ1n) is 13.3. The number of benzene rings is 3. The number of carbonyl (C=O) groups is 1. The van der Waals surface area contributed by atoms with Gasteiger partial charge in [-0.1, -0.05) is 100.0 Å². The summed E-state index contributed by atoms with van der Waals surface area (Å²) in [4.78, 5) is 16.0. The lowest BCUT2D eigenvalue weighted by Crippen LogP contribution is -2.44. The number of halogens is 1. The molecule has 0 aromatic heterocycles. The van der Waals surface area contributed by atoms with Crippen LogP contribution in [0.15, 0.2) is 72.8 Å². The Morgan fingerprint density at radius 2 is 1.42 bits per heavy atom. The predicted octanol–water partition coefficient (Wildman–Crippen LogP) is 9.35. The summed E-state index contributed by atoms with van der Waals surface area (Å²) in [6.45, 7) is 9.32. The standard InChI is InChI=1S/C32H39ClN2O/c1-22(2)29-11-8-12-30(23(3)4)31(29)34-32(36)35(21-24-13-17-27(33)18-14-24)28-19-15-26(16-20-28)25-9-6-5-7-10-25/h5-14,17-18,22-23,26,28H,15-16,19-21H2,1-4H3,(H,34,36)/t26-,28-. The third-order valence-electron chi connectivity index (χ3n) is 7.54. The molecule has 3 aromatic rings. The number of amides is 2. The minimum absolute atomic E-state index is 0.0110. The van der Waals surface area contributed by atoms with Gasteiger partial charge < -0.3 is 10.2 Å². The van der Waals surface area contributed by atoms with Crippen LogP contribution < -0.4 is 5.32 Å². The number of hydrogen-bond donors (Lipinski definition) is 1. The normalized spacial score (nSPS) is 17.9. The van der Waals surface area contributed by atoms with Gasteiger partial charge in [-0.25, -0.2) is 4.79 Å². The second-order valence-corrected chi connectivity index (χ2v) is 11.2. The Hall–Kier alpha value is -2.78. The summed E-state index contributed by atoms with van der Waals surface area (Å²) < 4.78 is 0. The number of anilines is 1. The lowest BCUT2D eigenvalue weighted by molar-refractivity contribution is 0.158. The number of para-hydroxylation sites is 1. The molecule has 0 bridgehead atoms. The minimum Gasteiger partial charge on any atom is -0.317 e. The summed E-state index contributed by atoms with van der Waals surface area (Å²) in [5, 5.41) is 4.09. The maximum absolute atomic E-state index is 14.0. The van der Waals surface area contributed by atoms with Crippen molar-refractivity contribution in [3.05, 3.63) is 100 Å². The minimum atomic E-state index is -0.0110. The third-order valence-corrected chi connectivity index (χ3v) is 7.79. The highest BCUT2D eigenvalue weighted by Gasteiger charge is 2.30. The molecular weight excluding hydrogens is 464 g/mol. The summed E-state index contributed by atoms with van der Waals surface area (Å²) in [6, 6.07) is 25.2. The summed E-state index contributed by atoms with van der Waals surface area (Å²) in [6.07, 6.45) is 4.20. The van der Waals surface area contributed by atoms with Crippen LogP contribution in [0.2, 0.25) is 5.02 Å². The van der Waals surface area contributed by atoms with E-state index in [4.69, 9.17) is 11.6 Å². The first-order chi connectivity index (χ1) is 17.3. The molecule has 0 atom stereocenters. The van der Waals surface area contributed by atoms with E-state index in [1.165, 1.54) is 16.7 Å². The predicted molar refractivity (Wildman–Crippen MR) is 152 cm³/mol. The fraction of sp³-hybridized carbons (Fsp3) is 0.406. The van der Waals surface area contributed by atoms with Crippen LogP contribution in [0.25, 0.3) is 0 Å². The van der Waals surface area contributed by atoms with Gasteiger partial charge in [0, 0.05) is 23.3 Å². The van der Waals surface area contributed by atoms with Gasteiger partial charge >= 0.3 is 6.03 Å². The van der Waals surface area contributed by atoms with Gasteiger partial charge in [-0.15, -0.1) is 0 Å². The first kappa shape index (κ1) is 26.3. The molecule has 0 saturated heterocycles. The maximum atomic E-state index is 14.0. The lowest BCUT2D eigenvalue weighted by Gasteiger charge is -2.37. The second-order valence-electron chi connectivity index (χ2n) is 10.7. The molecule has 0 heterocycles. The quantitative estimate of drug-likeness (QED) is 0.343. The van der Waals surface area contributed by atoms with Crippen LogP contribution in [0, 0.1) is 0 Å². The van der Waals surface area contributed by atoms with E-state index >= 15 is 0 Å².